The van der Waals surface area contributed by atoms with Gasteiger partial charge in [-0.3, -0.25) is 14.5 Å². The van der Waals surface area contributed by atoms with Crippen molar-refractivity contribution in [1.29, 1.82) is 0 Å². The van der Waals surface area contributed by atoms with Gasteiger partial charge >= 0.3 is 0 Å². The maximum atomic E-state index is 12.7. The molecule has 0 unspecified atom stereocenters. The molecule has 1 aliphatic rings. The Morgan fingerprint density at radius 2 is 1.79 bits per heavy atom. The third-order valence-corrected chi connectivity index (χ3v) is 6.64. The third-order valence-electron chi connectivity index (χ3n) is 4.71. The number of nitrogens with zero attached hydrogens (tertiary/aromatic N) is 1. The monoisotopic (exact) mass is 411 g/mol. The van der Waals surface area contributed by atoms with Gasteiger partial charge in [-0.15, -0.1) is 22.7 Å². The lowest BCUT2D eigenvalue weighted by Gasteiger charge is -2.34. The van der Waals surface area contributed by atoms with E-state index in [1.54, 1.807) is 46.9 Å². The summed E-state index contributed by atoms with van der Waals surface area (Å²) in [5, 5.41) is 9.92. The highest BCUT2D eigenvalue weighted by Gasteiger charge is 2.31. The van der Waals surface area contributed by atoms with Gasteiger partial charge < -0.3 is 10.6 Å². The van der Waals surface area contributed by atoms with Crippen LogP contribution in [0.3, 0.4) is 0 Å². The highest BCUT2D eigenvalue weighted by atomic mass is 32.1. The predicted molar refractivity (Wildman–Crippen MR) is 115 cm³/mol. The van der Waals surface area contributed by atoms with Crippen molar-refractivity contribution >= 4 is 45.9 Å². The Kier molecular flexibility index (Phi) is 5.57. The van der Waals surface area contributed by atoms with Crippen molar-refractivity contribution < 1.29 is 9.59 Å². The molecule has 2 amide bonds. The Morgan fingerprint density at radius 1 is 1.04 bits per heavy atom. The standard InChI is InChI=1S/C21H21N3O2S2/c1-14(25)22-15-4-6-16(7-5-15)23-20(26)13-24-10-8-18-17(9-12-28-18)21(24)19-3-2-11-27-19/h2-7,9,11-12,21H,8,10,13H2,1H3,(H,22,25)(H,23,26)/t21-/m1/s1. The maximum Gasteiger partial charge on any atom is 0.238 e. The van der Waals surface area contributed by atoms with E-state index in [-0.39, 0.29) is 17.9 Å². The first-order valence-corrected chi connectivity index (χ1v) is 10.9. The van der Waals surface area contributed by atoms with E-state index in [9.17, 15) is 9.59 Å². The second kappa shape index (κ2) is 8.26. The number of hydrogen-bond donors (Lipinski definition) is 2. The van der Waals surface area contributed by atoms with Crippen LogP contribution in [0.4, 0.5) is 11.4 Å². The van der Waals surface area contributed by atoms with Crippen LogP contribution in [0.1, 0.15) is 28.3 Å². The third kappa shape index (κ3) is 4.16. The molecule has 2 aromatic heterocycles. The molecule has 0 aliphatic carbocycles. The molecular weight excluding hydrogens is 390 g/mol. The van der Waals surface area contributed by atoms with Gasteiger partial charge in [0.25, 0.3) is 0 Å². The molecule has 0 fully saturated rings. The van der Waals surface area contributed by atoms with Crippen LogP contribution < -0.4 is 10.6 Å². The van der Waals surface area contributed by atoms with Gasteiger partial charge in [-0.25, -0.2) is 0 Å². The summed E-state index contributed by atoms with van der Waals surface area (Å²) in [4.78, 5) is 28.7. The number of thiophene rings is 2. The molecule has 7 heteroatoms. The zero-order valence-corrected chi connectivity index (χ0v) is 17.1. The van der Waals surface area contributed by atoms with Crippen molar-refractivity contribution in [3.8, 4) is 0 Å². The Morgan fingerprint density at radius 3 is 2.46 bits per heavy atom. The number of rotatable bonds is 5. The molecule has 28 heavy (non-hydrogen) atoms. The highest BCUT2D eigenvalue weighted by molar-refractivity contribution is 7.10. The second-order valence-electron chi connectivity index (χ2n) is 6.74. The summed E-state index contributed by atoms with van der Waals surface area (Å²) >= 11 is 3.54. The van der Waals surface area contributed by atoms with Gasteiger partial charge in [-0.2, -0.15) is 0 Å². The highest BCUT2D eigenvalue weighted by Crippen LogP contribution is 2.39. The fraction of sp³-hybridized carbons (Fsp3) is 0.238. The molecule has 0 bridgehead atoms. The van der Waals surface area contributed by atoms with Crippen LogP contribution in [-0.2, 0) is 16.0 Å². The number of amides is 2. The van der Waals surface area contributed by atoms with E-state index in [1.807, 2.05) is 0 Å². The van der Waals surface area contributed by atoms with Crippen molar-refractivity contribution in [2.75, 3.05) is 23.7 Å². The van der Waals surface area contributed by atoms with Crippen LogP contribution in [0, 0.1) is 0 Å². The molecule has 3 heterocycles. The number of anilines is 2. The summed E-state index contributed by atoms with van der Waals surface area (Å²) in [7, 11) is 0. The lowest BCUT2D eigenvalue weighted by atomic mass is 9.98. The first-order chi connectivity index (χ1) is 13.6. The number of hydrogen-bond acceptors (Lipinski definition) is 5. The average Bonchev–Trinajstić information content (AvgIpc) is 3.34. The van der Waals surface area contributed by atoms with E-state index in [2.05, 4.69) is 44.5 Å². The normalized spacial score (nSPS) is 16.4. The van der Waals surface area contributed by atoms with E-state index in [0.717, 1.165) is 18.7 Å². The molecule has 0 radical (unpaired) electrons. The quantitative estimate of drug-likeness (QED) is 0.656. The van der Waals surface area contributed by atoms with Crippen LogP contribution in [0.25, 0.3) is 0 Å². The van der Waals surface area contributed by atoms with E-state index in [0.29, 0.717) is 12.2 Å². The topological polar surface area (TPSA) is 61.4 Å². The van der Waals surface area contributed by atoms with Crippen LogP contribution in [-0.4, -0.2) is 29.8 Å². The Labute approximate surface area is 172 Å². The van der Waals surface area contributed by atoms with Crippen molar-refractivity contribution in [2.24, 2.45) is 0 Å². The number of fused-ring (bicyclic) bond motifs is 1. The summed E-state index contributed by atoms with van der Waals surface area (Å²) in [5.41, 5.74) is 2.76. The summed E-state index contributed by atoms with van der Waals surface area (Å²) < 4.78 is 0. The van der Waals surface area contributed by atoms with E-state index in [4.69, 9.17) is 0 Å². The van der Waals surface area contributed by atoms with Crippen molar-refractivity contribution in [3.63, 3.8) is 0 Å². The first kappa shape index (κ1) is 18.9. The smallest absolute Gasteiger partial charge is 0.238 e. The maximum absolute atomic E-state index is 12.7. The SMILES string of the molecule is CC(=O)Nc1ccc(NC(=O)CN2CCc3sccc3[C@@H]2c2cccs2)cc1. The zero-order valence-electron chi connectivity index (χ0n) is 15.5. The minimum atomic E-state index is -0.116. The predicted octanol–water partition coefficient (Wildman–Crippen LogP) is 4.35. The van der Waals surface area contributed by atoms with Crippen molar-refractivity contribution in [2.45, 2.75) is 19.4 Å². The fourth-order valence-corrected chi connectivity index (χ4v) is 5.32. The lowest BCUT2D eigenvalue weighted by molar-refractivity contribution is -0.118. The van der Waals surface area contributed by atoms with Crippen LogP contribution in [0.5, 0.6) is 0 Å². The molecular formula is C21H21N3O2S2. The molecule has 1 atom stereocenters. The molecule has 0 spiro atoms. The Balaban J connectivity index is 1.45. The summed E-state index contributed by atoms with van der Waals surface area (Å²) in [6.07, 6.45) is 0.980. The van der Waals surface area contributed by atoms with Crippen LogP contribution in [0.15, 0.2) is 53.2 Å². The van der Waals surface area contributed by atoms with Crippen LogP contribution in [0.2, 0.25) is 0 Å². The van der Waals surface area contributed by atoms with Gasteiger partial charge in [0.05, 0.1) is 12.6 Å². The summed E-state index contributed by atoms with van der Waals surface area (Å²) in [6, 6.07) is 13.7. The van der Waals surface area contributed by atoms with Gasteiger partial charge in [-0.1, -0.05) is 6.07 Å². The van der Waals surface area contributed by atoms with Gasteiger partial charge in [-0.05, 0) is 59.1 Å². The summed E-state index contributed by atoms with van der Waals surface area (Å²) in [5.74, 6) is -0.151. The van der Waals surface area contributed by atoms with Gasteiger partial charge in [0.2, 0.25) is 11.8 Å². The molecule has 1 aromatic carbocycles. The minimum absolute atomic E-state index is 0.0347. The lowest BCUT2D eigenvalue weighted by Crippen LogP contribution is -2.40. The largest absolute Gasteiger partial charge is 0.326 e. The first-order valence-electron chi connectivity index (χ1n) is 9.11. The zero-order chi connectivity index (χ0) is 19.5. The molecule has 5 nitrogen and oxygen atoms in total. The summed E-state index contributed by atoms with van der Waals surface area (Å²) in [6.45, 7) is 2.67. The second-order valence-corrected chi connectivity index (χ2v) is 8.72. The Bertz CT molecular complexity index is 964. The average molecular weight is 412 g/mol. The van der Waals surface area contributed by atoms with Crippen molar-refractivity contribution in [1.82, 2.24) is 4.90 Å². The van der Waals surface area contributed by atoms with E-state index >= 15 is 0 Å². The van der Waals surface area contributed by atoms with Gasteiger partial charge in [0.15, 0.2) is 0 Å². The minimum Gasteiger partial charge on any atom is -0.326 e. The molecule has 4 rings (SSSR count). The van der Waals surface area contributed by atoms with Crippen LogP contribution >= 0.6 is 22.7 Å². The number of nitrogens with one attached hydrogen (secondary N) is 2. The Hall–Kier alpha value is -2.48. The molecule has 1 aliphatic heterocycles. The molecule has 3 aromatic rings. The van der Waals surface area contributed by atoms with Crippen molar-refractivity contribution in [3.05, 3.63) is 68.5 Å². The molecule has 0 saturated carbocycles. The number of benzene rings is 1. The van der Waals surface area contributed by atoms with Gasteiger partial charge in [0, 0.05) is 34.6 Å². The van der Waals surface area contributed by atoms with Gasteiger partial charge in [0.1, 0.15) is 0 Å². The van der Waals surface area contributed by atoms with E-state index < -0.39 is 0 Å². The molecule has 0 saturated heterocycles. The molecule has 2 N–H and O–H groups in total. The number of carbonyl (C=O) groups excluding carboxylic acids is 2. The number of carbonyl (C=O) groups is 2. The fourth-order valence-electron chi connectivity index (χ4n) is 3.54. The molecule has 144 valence electrons. The van der Waals surface area contributed by atoms with E-state index in [1.165, 1.54) is 22.2 Å².